The van der Waals surface area contributed by atoms with Crippen LogP contribution in [-0.4, -0.2) is 45.3 Å². The fourth-order valence-electron chi connectivity index (χ4n) is 3.73. The summed E-state index contributed by atoms with van der Waals surface area (Å²) in [4.78, 5) is 50.0. The number of rotatable bonds is 7. The lowest BCUT2D eigenvalue weighted by molar-refractivity contribution is -0.128. The van der Waals surface area contributed by atoms with Gasteiger partial charge in [-0.3, -0.25) is 19.4 Å². The number of hydrogen-bond donors (Lipinski definition) is 1. The molecule has 0 aliphatic carbocycles. The molecule has 7 nitrogen and oxygen atoms in total. The normalized spacial score (nSPS) is 16.3. The van der Waals surface area contributed by atoms with E-state index in [2.05, 4.69) is 15.3 Å². The molecular formula is C25H19FN4O3S2. The van der Waals surface area contributed by atoms with Crippen molar-refractivity contribution in [3.63, 3.8) is 0 Å². The number of thiophene rings is 1. The predicted octanol–water partition coefficient (Wildman–Crippen LogP) is 4.17. The molecule has 5 rings (SSSR count). The maximum absolute atomic E-state index is 13.3. The summed E-state index contributed by atoms with van der Waals surface area (Å²) in [6.07, 6.45) is -0.0845. The molecule has 2 aliphatic rings. The number of thioether (sulfide) groups is 1. The highest BCUT2D eigenvalue weighted by Crippen LogP contribution is 2.34. The second-order valence-electron chi connectivity index (χ2n) is 7.83. The molecule has 176 valence electrons. The van der Waals surface area contributed by atoms with Crippen molar-refractivity contribution in [1.29, 1.82) is 0 Å². The number of benzene rings is 2. The quantitative estimate of drug-likeness (QED) is 0.487. The van der Waals surface area contributed by atoms with Gasteiger partial charge < -0.3 is 5.32 Å². The minimum atomic E-state index is -0.877. The van der Waals surface area contributed by atoms with Gasteiger partial charge in [0.1, 0.15) is 17.7 Å². The average Bonchev–Trinajstić information content (AvgIpc) is 3.50. The van der Waals surface area contributed by atoms with Crippen LogP contribution in [-0.2, 0) is 16.1 Å². The van der Waals surface area contributed by atoms with Gasteiger partial charge in [-0.25, -0.2) is 14.3 Å². The molecule has 1 N–H and O–H groups in total. The zero-order valence-corrected chi connectivity index (χ0v) is 19.9. The van der Waals surface area contributed by atoms with Gasteiger partial charge in [-0.2, -0.15) is 0 Å². The summed E-state index contributed by atoms with van der Waals surface area (Å²) >= 11 is 2.65. The molecule has 0 spiro atoms. The first-order valence-electron chi connectivity index (χ1n) is 10.8. The smallest absolute Gasteiger partial charge is 0.259 e. The van der Waals surface area contributed by atoms with E-state index in [1.807, 2.05) is 41.8 Å². The van der Waals surface area contributed by atoms with E-state index in [9.17, 15) is 18.8 Å². The first-order chi connectivity index (χ1) is 17.0. The summed E-state index contributed by atoms with van der Waals surface area (Å²) in [6.45, 7) is 0.397. The van der Waals surface area contributed by atoms with Gasteiger partial charge in [-0.1, -0.05) is 30.0 Å². The monoisotopic (exact) mass is 506 g/mol. The van der Waals surface area contributed by atoms with Crippen molar-refractivity contribution in [2.24, 2.45) is 9.98 Å². The van der Waals surface area contributed by atoms with E-state index >= 15 is 0 Å². The fourth-order valence-corrected chi connectivity index (χ4v) is 5.27. The molecule has 2 amide bonds. The van der Waals surface area contributed by atoms with Crippen molar-refractivity contribution in [2.45, 2.75) is 19.0 Å². The zero-order valence-electron chi connectivity index (χ0n) is 18.3. The highest BCUT2D eigenvalue weighted by Gasteiger charge is 2.42. The van der Waals surface area contributed by atoms with E-state index < -0.39 is 11.9 Å². The molecule has 0 radical (unpaired) electrons. The number of aliphatic imine (C=N–C) groups is 2. The Morgan fingerprint density at radius 3 is 2.66 bits per heavy atom. The van der Waals surface area contributed by atoms with Crippen LogP contribution in [0.2, 0.25) is 0 Å². The largest absolute Gasteiger partial charge is 0.351 e. The molecule has 0 unspecified atom stereocenters. The van der Waals surface area contributed by atoms with Crippen LogP contribution in [0, 0.1) is 5.82 Å². The number of halogens is 1. The molecule has 0 saturated heterocycles. The molecule has 3 heterocycles. The highest BCUT2D eigenvalue weighted by molar-refractivity contribution is 8.14. The summed E-state index contributed by atoms with van der Waals surface area (Å²) in [7, 11) is 0. The summed E-state index contributed by atoms with van der Waals surface area (Å²) in [5.41, 5.74) is 1.70. The number of fused-ring (bicyclic) bond motifs is 3. The van der Waals surface area contributed by atoms with Gasteiger partial charge in [-0.05, 0) is 47.8 Å². The number of carbonyl (C=O) groups is 3. The number of nitrogens with zero attached hydrogens (tertiary/aromatic N) is 3. The minimum Gasteiger partial charge on any atom is -0.351 e. The van der Waals surface area contributed by atoms with E-state index in [1.165, 1.54) is 29.2 Å². The predicted molar refractivity (Wildman–Crippen MR) is 135 cm³/mol. The Labute approximate surface area is 208 Å². The number of amides is 2. The molecule has 2 aliphatic heterocycles. The van der Waals surface area contributed by atoms with Crippen molar-refractivity contribution < 1.29 is 18.8 Å². The van der Waals surface area contributed by atoms with E-state index in [0.717, 1.165) is 16.6 Å². The van der Waals surface area contributed by atoms with Gasteiger partial charge in [0.05, 0.1) is 24.4 Å². The fraction of sp³-hybridized carbons (Fsp3) is 0.160. The van der Waals surface area contributed by atoms with Crippen LogP contribution in [0.15, 0.2) is 76.0 Å². The van der Waals surface area contributed by atoms with Gasteiger partial charge in [0.25, 0.3) is 5.91 Å². The zero-order chi connectivity index (χ0) is 24.4. The molecule has 1 atom stereocenters. The third kappa shape index (κ3) is 4.94. The summed E-state index contributed by atoms with van der Waals surface area (Å²) in [5.74, 6) is -0.834. The Morgan fingerprint density at radius 1 is 1.09 bits per heavy atom. The Hall–Kier alpha value is -3.63. The van der Waals surface area contributed by atoms with Crippen molar-refractivity contribution in [2.75, 3.05) is 5.75 Å². The number of para-hydroxylation sites is 1. The second kappa shape index (κ2) is 9.93. The Morgan fingerprint density at radius 2 is 1.89 bits per heavy atom. The molecule has 35 heavy (non-hydrogen) atoms. The van der Waals surface area contributed by atoms with E-state index in [-0.39, 0.29) is 29.8 Å². The van der Waals surface area contributed by atoms with Crippen molar-refractivity contribution in [3.05, 3.63) is 87.9 Å². The lowest BCUT2D eigenvalue weighted by atomic mass is 10.1. The Kier molecular flexibility index (Phi) is 6.56. The maximum Gasteiger partial charge on any atom is 0.259 e. The van der Waals surface area contributed by atoms with Crippen LogP contribution in [0.5, 0.6) is 0 Å². The van der Waals surface area contributed by atoms with Crippen LogP contribution in [0.1, 0.15) is 27.2 Å². The number of carbonyl (C=O) groups excluding carboxylic acids is 3. The van der Waals surface area contributed by atoms with Gasteiger partial charge in [0.15, 0.2) is 11.0 Å². The van der Waals surface area contributed by atoms with Crippen LogP contribution in [0.3, 0.4) is 0 Å². The van der Waals surface area contributed by atoms with Crippen LogP contribution in [0.25, 0.3) is 0 Å². The van der Waals surface area contributed by atoms with Gasteiger partial charge in [0, 0.05) is 16.0 Å². The van der Waals surface area contributed by atoms with Gasteiger partial charge in [-0.15, -0.1) is 11.3 Å². The molecule has 1 aromatic heterocycles. The van der Waals surface area contributed by atoms with Gasteiger partial charge >= 0.3 is 0 Å². The van der Waals surface area contributed by atoms with Crippen LogP contribution in [0.4, 0.5) is 10.1 Å². The Bertz CT molecular complexity index is 1350. The number of nitrogens with one attached hydrogen (secondary N) is 1. The SMILES string of the molecule is O=C(C[C@H]1N=C2c3ccccc3N=C(SCC(=O)c3ccc(F)cc3)N2C1=O)NCc1cccs1. The topological polar surface area (TPSA) is 91.2 Å². The lowest BCUT2D eigenvalue weighted by Crippen LogP contribution is -2.42. The van der Waals surface area contributed by atoms with Crippen LogP contribution >= 0.6 is 23.1 Å². The first-order valence-corrected chi connectivity index (χ1v) is 12.7. The standard InChI is InChI=1S/C25H19FN4O3S2/c26-16-9-7-15(8-10-16)21(31)14-35-25-29-19-6-2-1-5-18(19)23-28-20(24(33)30(23)25)12-22(32)27-13-17-4-3-11-34-17/h1-11,20H,12-14H2,(H,27,32)/t20-/m1/s1. The molecule has 0 saturated carbocycles. The van der Waals surface area contributed by atoms with Crippen molar-refractivity contribution >= 4 is 57.4 Å². The number of amidine groups is 2. The second-order valence-corrected chi connectivity index (χ2v) is 9.81. The molecule has 0 fully saturated rings. The first kappa shape index (κ1) is 23.1. The summed E-state index contributed by atoms with van der Waals surface area (Å²) in [6, 6.07) is 15.6. The minimum absolute atomic E-state index is 0.00958. The molecule has 2 aromatic carbocycles. The molecular weight excluding hydrogens is 487 g/mol. The number of Topliss-reactive ketones (excluding diaryl/α,β-unsaturated/α-hetero) is 1. The average molecular weight is 507 g/mol. The summed E-state index contributed by atoms with van der Waals surface area (Å²) < 4.78 is 13.2. The van der Waals surface area contributed by atoms with Gasteiger partial charge in [0.2, 0.25) is 5.91 Å². The lowest BCUT2D eigenvalue weighted by Gasteiger charge is -2.25. The molecule has 10 heteroatoms. The van der Waals surface area contributed by atoms with Crippen molar-refractivity contribution in [3.8, 4) is 0 Å². The number of ketones is 1. The Balaban J connectivity index is 1.33. The summed E-state index contributed by atoms with van der Waals surface area (Å²) in [5, 5.41) is 5.09. The maximum atomic E-state index is 13.3. The molecule has 0 bridgehead atoms. The third-order valence-electron chi connectivity index (χ3n) is 5.46. The molecule has 3 aromatic rings. The highest BCUT2D eigenvalue weighted by atomic mass is 32.2. The van der Waals surface area contributed by atoms with Crippen LogP contribution < -0.4 is 5.32 Å². The van der Waals surface area contributed by atoms with E-state index in [4.69, 9.17) is 0 Å². The van der Waals surface area contributed by atoms with E-state index in [0.29, 0.717) is 34.4 Å². The third-order valence-corrected chi connectivity index (χ3v) is 7.28. The van der Waals surface area contributed by atoms with Crippen molar-refractivity contribution in [1.82, 2.24) is 10.2 Å². The number of hydrogen-bond acceptors (Lipinski definition) is 7. The van der Waals surface area contributed by atoms with E-state index in [1.54, 1.807) is 11.3 Å².